The highest BCUT2D eigenvalue weighted by atomic mass is 16.2. The van der Waals surface area contributed by atoms with E-state index in [0.717, 1.165) is 19.3 Å². The van der Waals surface area contributed by atoms with E-state index in [4.69, 9.17) is 5.73 Å². The Labute approximate surface area is 88.8 Å². The van der Waals surface area contributed by atoms with Gasteiger partial charge in [-0.1, -0.05) is 0 Å². The first-order valence-corrected chi connectivity index (χ1v) is 5.45. The van der Waals surface area contributed by atoms with Gasteiger partial charge in [0.1, 0.15) is 6.04 Å². The molecule has 0 radical (unpaired) electrons. The first kappa shape index (κ1) is 10.4. The molecule has 84 valence electrons. The van der Waals surface area contributed by atoms with E-state index in [1.807, 2.05) is 0 Å². The number of rotatable bonds is 3. The zero-order chi connectivity index (χ0) is 10.9. The van der Waals surface area contributed by atoms with Gasteiger partial charge >= 0.3 is 0 Å². The number of amides is 2. The lowest BCUT2D eigenvalue weighted by molar-refractivity contribution is -0.126. The second kappa shape index (κ2) is 3.81. The van der Waals surface area contributed by atoms with Crippen LogP contribution in [0, 0.1) is 0 Å². The van der Waals surface area contributed by atoms with E-state index in [1.165, 1.54) is 0 Å². The van der Waals surface area contributed by atoms with Crippen LogP contribution in [0.25, 0.3) is 0 Å². The third-order valence-corrected chi connectivity index (χ3v) is 3.28. The Kier molecular flexibility index (Phi) is 2.65. The second-order valence-corrected chi connectivity index (χ2v) is 4.59. The molecule has 1 aliphatic heterocycles. The molecule has 1 aliphatic carbocycles. The molecule has 1 heterocycles. The fourth-order valence-electron chi connectivity index (χ4n) is 2.00. The van der Waals surface area contributed by atoms with Crippen molar-refractivity contribution in [3.05, 3.63) is 0 Å². The van der Waals surface area contributed by atoms with Gasteiger partial charge in [0.15, 0.2) is 0 Å². The normalized spacial score (nSPS) is 28.1. The summed E-state index contributed by atoms with van der Waals surface area (Å²) < 4.78 is 0. The van der Waals surface area contributed by atoms with Crippen LogP contribution in [-0.2, 0) is 9.59 Å². The Morgan fingerprint density at radius 3 is 2.80 bits per heavy atom. The summed E-state index contributed by atoms with van der Waals surface area (Å²) in [4.78, 5) is 22.5. The second-order valence-electron chi connectivity index (χ2n) is 4.59. The summed E-state index contributed by atoms with van der Waals surface area (Å²) in [5.74, 6) is -0.140. The number of nitrogens with two attached hydrogens (primary N) is 1. The summed E-state index contributed by atoms with van der Waals surface area (Å²) in [5.41, 5.74) is 5.78. The van der Waals surface area contributed by atoms with Crippen LogP contribution >= 0.6 is 0 Å². The fraction of sp³-hybridized carbons (Fsp3) is 0.800. The van der Waals surface area contributed by atoms with Gasteiger partial charge in [0, 0.05) is 18.5 Å². The van der Waals surface area contributed by atoms with Crippen LogP contribution < -0.4 is 16.4 Å². The van der Waals surface area contributed by atoms with Crippen molar-refractivity contribution >= 4 is 11.8 Å². The van der Waals surface area contributed by atoms with Crippen molar-refractivity contribution in [3.63, 3.8) is 0 Å². The van der Waals surface area contributed by atoms with Gasteiger partial charge in [0.2, 0.25) is 11.8 Å². The topological polar surface area (TPSA) is 84.2 Å². The molecule has 15 heavy (non-hydrogen) atoms. The molecule has 5 nitrogen and oxygen atoms in total. The van der Waals surface area contributed by atoms with Gasteiger partial charge < -0.3 is 16.4 Å². The number of carbonyl (C=O) groups is 2. The molecule has 0 aromatic rings. The lowest BCUT2D eigenvalue weighted by Gasteiger charge is -2.38. The maximum absolute atomic E-state index is 11.6. The average Bonchev–Trinajstić information content (AvgIpc) is 2.58. The van der Waals surface area contributed by atoms with E-state index >= 15 is 0 Å². The van der Waals surface area contributed by atoms with Crippen LogP contribution in [-0.4, -0.2) is 29.9 Å². The van der Waals surface area contributed by atoms with Crippen LogP contribution in [0.5, 0.6) is 0 Å². The molecule has 2 rings (SSSR count). The molecule has 4 N–H and O–H groups in total. The highest BCUT2D eigenvalue weighted by Crippen LogP contribution is 2.28. The van der Waals surface area contributed by atoms with Crippen molar-refractivity contribution in [2.75, 3.05) is 6.54 Å². The van der Waals surface area contributed by atoms with Crippen molar-refractivity contribution < 1.29 is 9.59 Å². The summed E-state index contributed by atoms with van der Waals surface area (Å²) in [6.45, 7) is 0.526. The highest BCUT2D eigenvalue weighted by Gasteiger charge is 2.34. The minimum atomic E-state index is -0.346. The van der Waals surface area contributed by atoms with E-state index in [9.17, 15) is 9.59 Å². The average molecular weight is 211 g/mol. The molecule has 0 aromatic heterocycles. The summed E-state index contributed by atoms with van der Waals surface area (Å²) in [5, 5.41) is 5.44. The lowest BCUT2D eigenvalue weighted by Crippen LogP contribution is -2.56. The molecule has 1 saturated carbocycles. The van der Waals surface area contributed by atoms with Crippen molar-refractivity contribution in [1.82, 2.24) is 10.6 Å². The molecular formula is C10H17N3O2. The van der Waals surface area contributed by atoms with Gasteiger partial charge in [0.25, 0.3) is 0 Å². The summed E-state index contributed by atoms with van der Waals surface area (Å²) >= 11 is 0. The first-order valence-electron chi connectivity index (χ1n) is 5.45. The third-order valence-electron chi connectivity index (χ3n) is 3.28. The zero-order valence-corrected chi connectivity index (χ0v) is 8.71. The zero-order valence-electron chi connectivity index (χ0n) is 8.71. The van der Waals surface area contributed by atoms with Gasteiger partial charge in [-0.15, -0.1) is 0 Å². The molecule has 0 spiro atoms. The highest BCUT2D eigenvalue weighted by molar-refractivity contribution is 5.90. The summed E-state index contributed by atoms with van der Waals surface area (Å²) in [7, 11) is 0. The van der Waals surface area contributed by atoms with E-state index in [0.29, 0.717) is 19.4 Å². The third kappa shape index (κ3) is 2.28. The SMILES string of the molecule is NC1(CNC(=O)[C@@H]2CCC(=O)N2)CCC1. The number of hydrogen-bond donors (Lipinski definition) is 3. The molecule has 0 unspecified atom stereocenters. The first-order chi connectivity index (χ1) is 7.09. The fourth-order valence-corrected chi connectivity index (χ4v) is 2.00. The van der Waals surface area contributed by atoms with Crippen LogP contribution in [0.15, 0.2) is 0 Å². The molecule has 2 amide bonds. The summed E-state index contributed by atoms with van der Waals surface area (Å²) in [6, 6.07) is -0.346. The van der Waals surface area contributed by atoms with E-state index in [-0.39, 0.29) is 23.4 Å². The summed E-state index contributed by atoms with van der Waals surface area (Å²) in [6.07, 6.45) is 4.15. The Morgan fingerprint density at radius 2 is 2.33 bits per heavy atom. The largest absolute Gasteiger partial charge is 0.352 e. The molecule has 2 fully saturated rings. The van der Waals surface area contributed by atoms with Gasteiger partial charge in [-0.05, 0) is 25.7 Å². The molecule has 1 atom stereocenters. The van der Waals surface area contributed by atoms with Gasteiger partial charge in [0.05, 0.1) is 0 Å². The van der Waals surface area contributed by atoms with Gasteiger partial charge in [-0.2, -0.15) is 0 Å². The van der Waals surface area contributed by atoms with Crippen molar-refractivity contribution in [3.8, 4) is 0 Å². The van der Waals surface area contributed by atoms with Crippen LogP contribution in [0.3, 0.4) is 0 Å². The van der Waals surface area contributed by atoms with E-state index in [2.05, 4.69) is 10.6 Å². The Balaban J connectivity index is 1.75. The van der Waals surface area contributed by atoms with E-state index < -0.39 is 0 Å². The predicted octanol–water partition coefficient (Wildman–Crippen LogP) is -0.737. The molecule has 1 saturated heterocycles. The number of nitrogens with one attached hydrogen (secondary N) is 2. The van der Waals surface area contributed by atoms with Crippen LogP contribution in [0.4, 0.5) is 0 Å². The minimum absolute atomic E-state index is 0.0405. The molecule has 2 aliphatic rings. The van der Waals surface area contributed by atoms with Crippen LogP contribution in [0.1, 0.15) is 32.1 Å². The molecule has 0 aromatic carbocycles. The Morgan fingerprint density at radius 1 is 1.60 bits per heavy atom. The maximum Gasteiger partial charge on any atom is 0.242 e. The monoisotopic (exact) mass is 211 g/mol. The Bertz CT molecular complexity index is 286. The number of carbonyl (C=O) groups excluding carboxylic acids is 2. The van der Waals surface area contributed by atoms with Crippen molar-refractivity contribution in [1.29, 1.82) is 0 Å². The smallest absolute Gasteiger partial charge is 0.242 e. The van der Waals surface area contributed by atoms with Gasteiger partial charge in [-0.25, -0.2) is 0 Å². The van der Waals surface area contributed by atoms with E-state index in [1.54, 1.807) is 0 Å². The lowest BCUT2D eigenvalue weighted by atomic mass is 9.78. The maximum atomic E-state index is 11.6. The Hall–Kier alpha value is -1.10. The standard InChI is InChI=1S/C10H17N3O2/c11-10(4-1-5-10)6-12-9(15)7-2-3-8(14)13-7/h7H,1-6,11H2,(H,12,15)(H,13,14)/t7-/m0/s1. The van der Waals surface area contributed by atoms with Crippen molar-refractivity contribution in [2.45, 2.75) is 43.7 Å². The predicted molar refractivity (Wildman–Crippen MR) is 54.9 cm³/mol. The van der Waals surface area contributed by atoms with Crippen LogP contribution in [0.2, 0.25) is 0 Å². The molecule has 5 heteroatoms. The number of hydrogen-bond acceptors (Lipinski definition) is 3. The molecule has 0 bridgehead atoms. The molecular weight excluding hydrogens is 194 g/mol. The van der Waals surface area contributed by atoms with Crippen molar-refractivity contribution in [2.24, 2.45) is 5.73 Å². The quantitative estimate of drug-likeness (QED) is 0.575. The minimum Gasteiger partial charge on any atom is -0.352 e. The van der Waals surface area contributed by atoms with Gasteiger partial charge in [-0.3, -0.25) is 9.59 Å².